The third kappa shape index (κ3) is 4.24. The number of aryl methyl sites for hydroxylation is 2. The molecule has 0 aliphatic carbocycles. The standard InChI is InChI=1S/C17H21N5O4/c1-4-8-18-17(24)15-13(10-21(5-2)20-15)19-16(23)12-7-6-11(3)14(9-12)22(25)26/h6-7,9-10H,4-5,8H2,1-3H3,(H,18,24)(H,19,23). The molecule has 0 spiro atoms. The van der Waals surface area contributed by atoms with E-state index < -0.39 is 10.8 Å². The molecule has 1 aromatic carbocycles. The second kappa shape index (κ2) is 8.24. The summed E-state index contributed by atoms with van der Waals surface area (Å²) in [5.41, 5.74) is 0.822. The molecular formula is C17H21N5O4. The summed E-state index contributed by atoms with van der Waals surface area (Å²) in [6.45, 7) is 6.41. The van der Waals surface area contributed by atoms with Crippen molar-refractivity contribution in [2.24, 2.45) is 0 Å². The van der Waals surface area contributed by atoms with Gasteiger partial charge in [-0.05, 0) is 26.3 Å². The zero-order valence-electron chi connectivity index (χ0n) is 14.9. The lowest BCUT2D eigenvalue weighted by Crippen LogP contribution is -2.26. The molecule has 0 bridgehead atoms. The molecule has 0 unspecified atom stereocenters. The lowest BCUT2D eigenvalue weighted by Gasteiger charge is -2.06. The third-order valence-corrected chi connectivity index (χ3v) is 3.75. The first-order chi connectivity index (χ1) is 12.4. The molecule has 0 aliphatic heterocycles. The quantitative estimate of drug-likeness (QED) is 0.581. The minimum absolute atomic E-state index is 0.107. The maximum absolute atomic E-state index is 12.5. The van der Waals surface area contributed by atoms with Crippen LogP contribution < -0.4 is 10.6 Å². The number of carbonyl (C=O) groups is 2. The molecule has 0 atom stereocenters. The Hall–Kier alpha value is -3.23. The SMILES string of the molecule is CCCNC(=O)c1nn(CC)cc1NC(=O)c1ccc(C)c([N+](=O)[O-])c1. The van der Waals surface area contributed by atoms with E-state index in [1.165, 1.54) is 22.9 Å². The summed E-state index contributed by atoms with van der Waals surface area (Å²) in [4.78, 5) is 35.2. The second-order valence-electron chi connectivity index (χ2n) is 5.72. The number of nitrogens with zero attached hydrogens (tertiary/aromatic N) is 3. The Morgan fingerprint density at radius 3 is 2.62 bits per heavy atom. The summed E-state index contributed by atoms with van der Waals surface area (Å²) in [6, 6.07) is 4.22. The van der Waals surface area contributed by atoms with Crippen molar-refractivity contribution in [2.75, 3.05) is 11.9 Å². The van der Waals surface area contributed by atoms with Gasteiger partial charge in [-0.25, -0.2) is 0 Å². The normalized spacial score (nSPS) is 10.4. The molecule has 9 nitrogen and oxygen atoms in total. The number of rotatable bonds is 7. The zero-order chi connectivity index (χ0) is 19.3. The zero-order valence-corrected chi connectivity index (χ0v) is 14.9. The molecule has 0 aliphatic rings. The van der Waals surface area contributed by atoms with E-state index in [9.17, 15) is 19.7 Å². The maximum atomic E-state index is 12.5. The minimum Gasteiger partial charge on any atom is -0.351 e. The first-order valence-corrected chi connectivity index (χ1v) is 8.29. The lowest BCUT2D eigenvalue weighted by molar-refractivity contribution is -0.385. The molecule has 2 aromatic rings. The highest BCUT2D eigenvalue weighted by atomic mass is 16.6. The molecule has 2 N–H and O–H groups in total. The van der Waals surface area contributed by atoms with Crippen LogP contribution in [-0.4, -0.2) is 33.1 Å². The van der Waals surface area contributed by atoms with E-state index in [2.05, 4.69) is 15.7 Å². The fourth-order valence-electron chi connectivity index (χ4n) is 2.31. The summed E-state index contributed by atoms with van der Waals surface area (Å²) in [6.07, 6.45) is 2.33. The van der Waals surface area contributed by atoms with Crippen molar-refractivity contribution in [3.8, 4) is 0 Å². The molecule has 2 amide bonds. The molecule has 0 radical (unpaired) electrons. The minimum atomic E-state index is -0.548. The summed E-state index contributed by atoms with van der Waals surface area (Å²) in [7, 11) is 0. The number of anilines is 1. The van der Waals surface area contributed by atoms with E-state index in [0.717, 1.165) is 6.42 Å². The molecule has 2 rings (SSSR count). The number of nitrogens with one attached hydrogen (secondary N) is 2. The van der Waals surface area contributed by atoms with Gasteiger partial charge in [0.25, 0.3) is 17.5 Å². The van der Waals surface area contributed by atoms with Gasteiger partial charge in [0.2, 0.25) is 0 Å². The summed E-state index contributed by atoms with van der Waals surface area (Å²) in [5.74, 6) is -0.933. The molecule has 1 aromatic heterocycles. The Bertz CT molecular complexity index is 844. The van der Waals surface area contributed by atoms with Crippen LogP contribution in [0.5, 0.6) is 0 Å². The van der Waals surface area contributed by atoms with Gasteiger partial charge in [-0.15, -0.1) is 0 Å². The van der Waals surface area contributed by atoms with Crippen molar-refractivity contribution in [1.82, 2.24) is 15.1 Å². The average molecular weight is 359 g/mol. The average Bonchev–Trinajstić information content (AvgIpc) is 3.02. The predicted molar refractivity (Wildman–Crippen MR) is 96.3 cm³/mol. The Kier molecular flexibility index (Phi) is 6.05. The number of benzene rings is 1. The molecular weight excluding hydrogens is 338 g/mol. The molecule has 9 heteroatoms. The van der Waals surface area contributed by atoms with Crippen LogP contribution >= 0.6 is 0 Å². The van der Waals surface area contributed by atoms with Crippen LogP contribution in [0.3, 0.4) is 0 Å². The molecule has 0 saturated carbocycles. The van der Waals surface area contributed by atoms with E-state index in [-0.39, 0.29) is 28.5 Å². The summed E-state index contributed by atoms with van der Waals surface area (Å²) >= 11 is 0. The predicted octanol–water partition coefficient (Wildman–Crippen LogP) is 2.51. The summed E-state index contributed by atoms with van der Waals surface area (Å²) < 4.78 is 1.54. The fourth-order valence-corrected chi connectivity index (χ4v) is 2.31. The number of nitro benzene ring substituents is 1. The van der Waals surface area contributed by atoms with Crippen molar-refractivity contribution in [1.29, 1.82) is 0 Å². The molecule has 1 heterocycles. The highest BCUT2D eigenvalue weighted by Crippen LogP contribution is 2.21. The fraction of sp³-hybridized carbons (Fsp3) is 0.353. The number of carbonyl (C=O) groups excluding carboxylic acids is 2. The van der Waals surface area contributed by atoms with Gasteiger partial charge in [0.1, 0.15) is 0 Å². The van der Waals surface area contributed by atoms with Gasteiger partial charge in [0, 0.05) is 36.5 Å². The van der Waals surface area contributed by atoms with Crippen LogP contribution in [0.4, 0.5) is 11.4 Å². The lowest BCUT2D eigenvalue weighted by atomic mass is 10.1. The Morgan fingerprint density at radius 2 is 2.00 bits per heavy atom. The van der Waals surface area contributed by atoms with Crippen LogP contribution in [0.25, 0.3) is 0 Å². The molecule has 26 heavy (non-hydrogen) atoms. The maximum Gasteiger partial charge on any atom is 0.273 e. The van der Waals surface area contributed by atoms with Crippen LogP contribution in [0.15, 0.2) is 24.4 Å². The van der Waals surface area contributed by atoms with Gasteiger partial charge in [-0.2, -0.15) is 5.10 Å². The van der Waals surface area contributed by atoms with E-state index in [1.807, 2.05) is 13.8 Å². The number of hydrogen-bond donors (Lipinski definition) is 2. The number of amides is 2. The van der Waals surface area contributed by atoms with E-state index in [1.54, 1.807) is 13.1 Å². The van der Waals surface area contributed by atoms with E-state index in [4.69, 9.17) is 0 Å². The molecule has 0 fully saturated rings. The van der Waals surface area contributed by atoms with Gasteiger partial charge < -0.3 is 10.6 Å². The highest BCUT2D eigenvalue weighted by molar-refractivity contribution is 6.08. The highest BCUT2D eigenvalue weighted by Gasteiger charge is 2.20. The summed E-state index contributed by atoms with van der Waals surface area (Å²) in [5, 5.41) is 20.6. The molecule has 138 valence electrons. The van der Waals surface area contributed by atoms with Crippen LogP contribution in [0, 0.1) is 17.0 Å². The largest absolute Gasteiger partial charge is 0.351 e. The topological polar surface area (TPSA) is 119 Å². The van der Waals surface area contributed by atoms with Crippen molar-refractivity contribution in [3.63, 3.8) is 0 Å². The van der Waals surface area contributed by atoms with Gasteiger partial charge >= 0.3 is 0 Å². The Morgan fingerprint density at radius 1 is 1.27 bits per heavy atom. The van der Waals surface area contributed by atoms with Gasteiger partial charge in [-0.1, -0.05) is 13.0 Å². The van der Waals surface area contributed by atoms with Crippen LogP contribution in [0.2, 0.25) is 0 Å². The molecule has 0 saturated heterocycles. The smallest absolute Gasteiger partial charge is 0.273 e. The third-order valence-electron chi connectivity index (χ3n) is 3.75. The van der Waals surface area contributed by atoms with Crippen molar-refractivity contribution in [2.45, 2.75) is 33.7 Å². The number of hydrogen-bond acceptors (Lipinski definition) is 5. The number of aromatic nitrogens is 2. The monoisotopic (exact) mass is 359 g/mol. The van der Waals surface area contributed by atoms with Gasteiger partial charge in [0.05, 0.1) is 10.6 Å². The first-order valence-electron chi connectivity index (χ1n) is 8.29. The van der Waals surface area contributed by atoms with E-state index >= 15 is 0 Å². The van der Waals surface area contributed by atoms with Gasteiger partial charge in [0.15, 0.2) is 5.69 Å². The number of nitro groups is 1. The van der Waals surface area contributed by atoms with Crippen molar-refractivity contribution >= 4 is 23.2 Å². The first kappa shape index (κ1) is 19.1. The van der Waals surface area contributed by atoms with Crippen LogP contribution in [-0.2, 0) is 6.54 Å². The van der Waals surface area contributed by atoms with E-state index in [0.29, 0.717) is 18.7 Å². The Labute approximate surface area is 150 Å². The van der Waals surface area contributed by atoms with Crippen molar-refractivity contribution in [3.05, 3.63) is 51.3 Å². The van der Waals surface area contributed by atoms with Crippen molar-refractivity contribution < 1.29 is 14.5 Å². The Balaban J connectivity index is 2.28. The van der Waals surface area contributed by atoms with Crippen LogP contribution in [0.1, 0.15) is 46.7 Å². The van der Waals surface area contributed by atoms with Gasteiger partial charge in [-0.3, -0.25) is 24.4 Å². The second-order valence-corrected chi connectivity index (χ2v) is 5.72.